The molecule has 0 spiro atoms. The normalized spacial score (nSPS) is 15.4. The number of nitrogens with zero attached hydrogens (tertiary/aromatic N) is 2. The Hall–Kier alpha value is -3.00. The lowest BCUT2D eigenvalue weighted by Gasteiger charge is -2.12. The summed E-state index contributed by atoms with van der Waals surface area (Å²) in [5, 5.41) is 7.39. The Bertz CT molecular complexity index is 1080. The Kier molecular flexibility index (Phi) is 5.19. The molecule has 0 aliphatic carbocycles. The van der Waals surface area contributed by atoms with Crippen molar-refractivity contribution in [3.63, 3.8) is 0 Å². The number of benzene rings is 2. The number of amides is 1. The van der Waals surface area contributed by atoms with Gasteiger partial charge in [-0.25, -0.2) is 9.07 Å². The molecule has 6 nitrogen and oxygen atoms in total. The molecule has 0 radical (unpaired) electrons. The van der Waals surface area contributed by atoms with Gasteiger partial charge in [-0.2, -0.15) is 5.10 Å². The van der Waals surface area contributed by atoms with Crippen LogP contribution < -0.4 is 10.1 Å². The molecule has 0 fully saturated rings. The molecule has 1 atom stereocenters. The van der Waals surface area contributed by atoms with Crippen molar-refractivity contribution < 1.29 is 18.1 Å². The van der Waals surface area contributed by atoms with Crippen LogP contribution in [0.5, 0.6) is 5.75 Å². The van der Waals surface area contributed by atoms with Gasteiger partial charge in [0.1, 0.15) is 17.4 Å². The van der Waals surface area contributed by atoms with Crippen LogP contribution in [0.1, 0.15) is 35.5 Å². The quantitative estimate of drug-likeness (QED) is 0.690. The van der Waals surface area contributed by atoms with Gasteiger partial charge in [0.2, 0.25) is 0 Å². The van der Waals surface area contributed by atoms with E-state index >= 15 is 0 Å². The molecule has 2 heterocycles. The summed E-state index contributed by atoms with van der Waals surface area (Å²) in [6, 6.07) is 12.7. The number of ether oxygens (including phenoxy) is 1. The van der Waals surface area contributed by atoms with Crippen LogP contribution in [-0.2, 0) is 22.3 Å². The number of hydrogen-bond donors (Lipinski definition) is 1. The van der Waals surface area contributed by atoms with E-state index in [9.17, 15) is 13.4 Å². The molecule has 1 N–H and O–H groups in total. The number of fused-ring (bicyclic) bond motifs is 1. The van der Waals surface area contributed by atoms with Crippen LogP contribution in [0.3, 0.4) is 0 Å². The molecule has 0 bridgehead atoms. The molecular weight excluding hydrogens is 393 g/mol. The first-order valence-electron chi connectivity index (χ1n) is 9.20. The number of aromatic nitrogens is 2. The average molecular weight is 413 g/mol. The zero-order chi connectivity index (χ0) is 20.5. The molecule has 1 aliphatic rings. The number of carbonyl (C=O) groups excluding carboxylic acids is 1. The van der Waals surface area contributed by atoms with E-state index in [2.05, 4.69) is 10.4 Å². The van der Waals surface area contributed by atoms with Crippen molar-refractivity contribution in [2.75, 3.05) is 5.32 Å². The summed E-state index contributed by atoms with van der Waals surface area (Å²) in [7, 11) is -1.04. The van der Waals surface area contributed by atoms with Crippen molar-refractivity contribution in [3.8, 4) is 11.4 Å². The molecule has 0 unspecified atom stereocenters. The Balaban J connectivity index is 1.64. The summed E-state index contributed by atoms with van der Waals surface area (Å²) >= 11 is 0. The third-order valence-corrected chi connectivity index (χ3v) is 5.67. The Morgan fingerprint density at radius 1 is 1.14 bits per heavy atom. The molecule has 0 saturated carbocycles. The van der Waals surface area contributed by atoms with Crippen molar-refractivity contribution in [1.29, 1.82) is 0 Å². The number of rotatable bonds is 5. The van der Waals surface area contributed by atoms with Gasteiger partial charge in [0.05, 0.1) is 29.0 Å². The molecule has 1 aliphatic heterocycles. The largest absolute Gasteiger partial charge is 0.491 e. The molecule has 0 saturated heterocycles. The fourth-order valence-corrected chi connectivity index (χ4v) is 4.43. The average Bonchev–Trinajstić information content (AvgIpc) is 3.19. The summed E-state index contributed by atoms with van der Waals surface area (Å²) in [5.41, 5.74) is 2.51. The lowest BCUT2D eigenvalue weighted by molar-refractivity contribution is 0.102. The number of halogens is 1. The highest BCUT2D eigenvalue weighted by Crippen LogP contribution is 2.31. The van der Waals surface area contributed by atoms with E-state index in [1.165, 1.54) is 12.1 Å². The van der Waals surface area contributed by atoms with E-state index in [0.717, 1.165) is 5.56 Å². The van der Waals surface area contributed by atoms with Gasteiger partial charge in [0, 0.05) is 21.9 Å². The molecule has 29 heavy (non-hydrogen) atoms. The van der Waals surface area contributed by atoms with Crippen molar-refractivity contribution >= 4 is 22.5 Å². The van der Waals surface area contributed by atoms with Crippen LogP contribution in [0, 0.1) is 5.82 Å². The lowest BCUT2D eigenvalue weighted by Crippen LogP contribution is -2.16. The minimum Gasteiger partial charge on any atom is -0.491 e. The predicted octanol–water partition coefficient (Wildman–Crippen LogP) is 3.81. The topological polar surface area (TPSA) is 73.2 Å². The molecule has 4 rings (SSSR count). The van der Waals surface area contributed by atoms with Gasteiger partial charge in [-0.1, -0.05) is 0 Å². The van der Waals surface area contributed by atoms with Gasteiger partial charge in [0.15, 0.2) is 0 Å². The van der Waals surface area contributed by atoms with Crippen LogP contribution in [-0.4, -0.2) is 26.0 Å². The minimum atomic E-state index is -1.04. The van der Waals surface area contributed by atoms with Crippen molar-refractivity contribution in [1.82, 2.24) is 9.78 Å². The van der Waals surface area contributed by atoms with Gasteiger partial charge >= 0.3 is 0 Å². The van der Waals surface area contributed by atoms with Crippen LogP contribution in [0.15, 0.2) is 48.5 Å². The van der Waals surface area contributed by atoms with E-state index in [-0.39, 0.29) is 17.8 Å². The van der Waals surface area contributed by atoms with E-state index in [0.29, 0.717) is 40.0 Å². The van der Waals surface area contributed by atoms with Crippen molar-refractivity contribution in [2.45, 2.75) is 31.5 Å². The fraction of sp³-hybridized carbons (Fsp3) is 0.238. The molecule has 8 heteroatoms. The summed E-state index contributed by atoms with van der Waals surface area (Å²) in [6.45, 7) is 3.86. The number of hydrogen-bond acceptors (Lipinski definition) is 4. The molecule has 3 aromatic rings. The zero-order valence-electron chi connectivity index (χ0n) is 16.0. The minimum absolute atomic E-state index is 0.0446. The van der Waals surface area contributed by atoms with E-state index in [1.807, 2.05) is 13.8 Å². The highest BCUT2D eigenvalue weighted by molar-refractivity contribution is 7.83. The summed E-state index contributed by atoms with van der Waals surface area (Å²) in [5.74, 6) is 1.14. The van der Waals surface area contributed by atoms with E-state index < -0.39 is 10.8 Å². The van der Waals surface area contributed by atoms with Gasteiger partial charge in [-0.15, -0.1) is 0 Å². The second-order valence-corrected chi connectivity index (χ2v) is 8.49. The molecule has 150 valence electrons. The van der Waals surface area contributed by atoms with Crippen molar-refractivity contribution in [2.24, 2.45) is 0 Å². The molecule has 1 aromatic heterocycles. The first kappa shape index (κ1) is 19.3. The first-order chi connectivity index (χ1) is 13.9. The maximum atomic E-state index is 13.3. The number of nitrogens with one attached hydrogen (secondary N) is 1. The highest BCUT2D eigenvalue weighted by Gasteiger charge is 2.28. The predicted molar refractivity (Wildman–Crippen MR) is 109 cm³/mol. The molecule has 1 amide bonds. The number of anilines is 1. The monoisotopic (exact) mass is 413 g/mol. The third kappa shape index (κ3) is 4.07. The standard InChI is InChI=1S/C21H20FN3O3S/c1-13(2)28-17-9-3-14(4-10-17)21(26)23-20-18-11-29(27)12-19(18)24-25(20)16-7-5-15(22)6-8-16/h3-10,13H,11-12H2,1-2H3,(H,23,26)/t29-/m1/s1. The SMILES string of the molecule is CC(C)Oc1ccc(C(=O)Nc2c3c(nn2-c2ccc(F)cc2)C[S@](=O)C3)cc1. The maximum absolute atomic E-state index is 13.3. The maximum Gasteiger partial charge on any atom is 0.256 e. The highest BCUT2D eigenvalue weighted by atomic mass is 32.2. The van der Waals surface area contributed by atoms with Crippen LogP contribution >= 0.6 is 0 Å². The Morgan fingerprint density at radius 2 is 1.83 bits per heavy atom. The van der Waals surface area contributed by atoms with Gasteiger partial charge in [0.25, 0.3) is 5.91 Å². The van der Waals surface area contributed by atoms with Gasteiger partial charge < -0.3 is 10.1 Å². The van der Waals surface area contributed by atoms with Crippen LogP contribution in [0.4, 0.5) is 10.2 Å². The summed E-state index contributed by atoms with van der Waals surface area (Å²) < 4.78 is 32.4. The summed E-state index contributed by atoms with van der Waals surface area (Å²) in [6.07, 6.45) is 0.0446. The van der Waals surface area contributed by atoms with Gasteiger partial charge in [-0.05, 0) is 62.4 Å². The lowest BCUT2D eigenvalue weighted by atomic mass is 10.2. The van der Waals surface area contributed by atoms with Crippen molar-refractivity contribution in [3.05, 3.63) is 71.2 Å². The van der Waals surface area contributed by atoms with E-state index in [1.54, 1.807) is 41.1 Å². The number of carbonyl (C=O) groups is 1. The zero-order valence-corrected chi connectivity index (χ0v) is 16.8. The third-order valence-electron chi connectivity index (χ3n) is 4.46. The van der Waals surface area contributed by atoms with Crippen LogP contribution in [0.2, 0.25) is 0 Å². The second kappa shape index (κ2) is 7.79. The molecular formula is C21H20FN3O3S. The molecule has 2 aromatic carbocycles. The van der Waals surface area contributed by atoms with Crippen LogP contribution in [0.25, 0.3) is 5.69 Å². The van der Waals surface area contributed by atoms with Gasteiger partial charge in [-0.3, -0.25) is 9.00 Å². The fourth-order valence-electron chi connectivity index (χ4n) is 3.16. The summed E-state index contributed by atoms with van der Waals surface area (Å²) in [4.78, 5) is 12.8. The smallest absolute Gasteiger partial charge is 0.256 e. The Labute approximate surface area is 170 Å². The second-order valence-electron chi connectivity index (χ2n) is 7.04. The van der Waals surface area contributed by atoms with E-state index in [4.69, 9.17) is 4.74 Å². The first-order valence-corrected chi connectivity index (χ1v) is 10.7. The Morgan fingerprint density at radius 3 is 2.48 bits per heavy atom.